The molecule has 132 valence electrons. The third kappa shape index (κ3) is 4.93. The van der Waals surface area contributed by atoms with Gasteiger partial charge >= 0.3 is 0 Å². The standard InChI is InChI=1S/C16H22ClN5O.ClH/c1-10(2)14-20-13(15(23)19-9-16(3,4)18)21-22(14)12-8-6-5-7-11(12)17;/h5-8,10H,9,18H2,1-4H3,(H,19,23);1H. The molecule has 0 aliphatic carbocycles. The zero-order valence-corrected chi connectivity index (χ0v) is 15.8. The molecule has 0 spiro atoms. The fourth-order valence-electron chi connectivity index (χ4n) is 1.98. The van der Waals surface area contributed by atoms with E-state index in [0.717, 1.165) is 0 Å². The van der Waals surface area contributed by atoms with Crippen LogP contribution in [0.15, 0.2) is 24.3 Å². The van der Waals surface area contributed by atoms with Crippen LogP contribution >= 0.6 is 24.0 Å². The van der Waals surface area contributed by atoms with Gasteiger partial charge in [0.05, 0.1) is 10.7 Å². The average molecular weight is 372 g/mol. The van der Waals surface area contributed by atoms with Crippen LogP contribution in [0.1, 0.15) is 50.1 Å². The summed E-state index contributed by atoms with van der Waals surface area (Å²) in [5.41, 5.74) is 6.08. The van der Waals surface area contributed by atoms with Gasteiger partial charge in [-0.05, 0) is 26.0 Å². The number of nitrogens with one attached hydrogen (secondary N) is 1. The smallest absolute Gasteiger partial charge is 0.291 e. The highest BCUT2D eigenvalue weighted by Gasteiger charge is 2.21. The molecule has 3 N–H and O–H groups in total. The molecule has 0 atom stereocenters. The number of halogens is 2. The van der Waals surface area contributed by atoms with Crippen LogP contribution in [-0.4, -0.2) is 32.8 Å². The van der Waals surface area contributed by atoms with Gasteiger partial charge < -0.3 is 11.1 Å². The van der Waals surface area contributed by atoms with E-state index in [9.17, 15) is 4.79 Å². The molecule has 2 rings (SSSR count). The molecule has 2 aromatic rings. The van der Waals surface area contributed by atoms with Crippen LogP contribution in [0.5, 0.6) is 0 Å². The Balaban J connectivity index is 0.00000288. The maximum Gasteiger partial charge on any atom is 0.291 e. The van der Waals surface area contributed by atoms with Crippen molar-refractivity contribution in [1.29, 1.82) is 0 Å². The van der Waals surface area contributed by atoms with Gasteiger partial charge in [0.1, 0.15) is 5.82 Å². The number of para-hydroxylation sites is 1. The zero-order chi connectivity index (χ0) is 17.2. The number of amides is 1. The summed E-state index contributed by atoms with van der Waals surface area (Å²) in [5, 5.41) is 7.63. The Morgan fingerprint density at radius 2 is 2.00 bits per heavy atom. The van der Waals surface area contributed by atoms with Gasteiger partial charge in [0.2, 0.25) is 5.82 Å². The molecule has 1 heterocycles. The molecule has 0 radical (unpaired) electrons. The molecule has 8 heteroatoms. The number of carbonyl (C=O) groups is 1. The maximum atomic E-state index is 12.3. The Hall–Kier alpha value is -1.63. The van der Waals surface area contributed by atoms with E-state index in [1.54, 1.807) is 10.7 Å². The Morgan fingerprint density at radius 3 is 2.54 bits per heavy atom. The molecule has 0 bridgehead atoms. The predicted molar refractivity (Wildman–Crippen MR) is 98.3 cm³/mol. The van der Waals surface area contributed by atoms with E-state index in [4.69, 9.17) is 17.3 Å². The summed E-state index contributed by atoms with van der Waals surface area (Å²) in [6.07, 6.45) is 0. The number of rotatable bonds is 5. The fourth-order valence-corrected chi connectivity index (χ4v) is 2.20. The Morgan fingerprint density at radius 1 is 1.38 bits per heavy atom. The van der Waals surface area contributed by atoms with E-state index >= 15 is 0 Å². The number of nitrogens with two attached hydrogens (primary N) is 1. The van der Waals surface area contributed by atoms with Crippen LogP contribution in [0.2, 0.25) is 5.02 Å². The van der Waals surface area contributed by atoms with Crippen molar-refractivity contribution in [2.75, 3.05) is 6.54 Å². The normalized spacial score (nSPS) is 11.3. The van der Waals surface area contributed by atoms with Crippen molar-refractivity contribution < 1.29 is 4.79 Å². The molecule has 1 aromatic heterocycles. The average Bonchev–Trinajstić information content (AvgIpc) is 2.89. The first-order chi connectivity index (χ1) is 10.7. The highest BCUT2D eigenvalue weighted by Crippen LogP contribution is 2.23. The molecule has 0 unspecified atom stereocenters. The molecule has 0 fully saturated rings. The van der Waals surface area contributed by atoms with Crippen LogP contribution in [-0.2, 0) is 0 Å². The number of nitrogens with zero attached hydrogens (tertiary/aromatic N) is 3. The molecule has 0 saturated carbocycles. The van der Waals surface area contributed by atoms with Crippen LogP contribution < -0.4 is 11.1 Å². The van der Waals surface area contributed by atoms with Gasteiger partial charge in [-0.25, -0.2) is 9.67 Å². The zero-order valence-electron chi connectivity index (χ0n) is 14.2. The number of hydrogen-bond acceptors (Lipinski definition) is 4. The fraction of sp³-hybridized carbons (Fsp3) is 0.438. The first kappa shape index (κ1) is 20.4. The van der Waals surface area contributed by atoms with Crippen LogP contribution in [0.25, 0.3) is 5.69 Å². The summed E-state index contributed by atoms with van der Waals surface area (Å²) < 4.78 is 1.62. The number of carbonyl (C=O) groups excluding carboxylic acids is 1. The second kappa shape index (κ2) is 7.96. The Kier molecular flexibility index (Phi) is 6.77. The molecule has 0 aliphatic rings. The van der Waals surface area contributed by atoms with Gasteiger partial charge in [0, 0.05) is 18.0 Å². The van der Waals surface area contributed by atoms with E-state index in [0.29, 0.717) is 23.1 Å². The minimum absolute atomic E-state index is 0. The summed E-state index contributed by atoms with van der Waals surface area (Å²) >= 11 is 6.24. The summed E-state index contributed by atoms with van der Waals surface area (Å²) in [6, 6.07) is 7.32. The van der Waals surface area contributed by atoms with E-state index in [-0.39, 0.29) is 30.1 Å². The highest BCUT2D eigenvalue weighted by molar-refractivity contribution is 6.32. The molecule has 6 nitrogen and oxygen atoms in total. The van der Waals surface area contributed by atoms with E-state index in [2.05, 4.69) is 15.4 Å². The lowest BCUT2D eigenvalue weighted by atomic mass is 10.1. The second-order valence-corrected chi connectivity index (χ2v) is 6.89. The predicted octanol–water partition coefficient (Wildman–Crippen LogP) is 2.93. The van der Waals surface area contributed by atoms with Crippen molar-refractivity contribution in [2.45, 2.75) is 39.2 Å². The number of benzene rings is 1. The molecule has 1 aromatic carbocycles. The quantitative estimate of drug-likeness (QED) is 0.845. The lowest BCUT2D eigenvalue weighted by molar-refractivity contribution is 0.0935. The van der Waals surface area contributed by atoms with Gasteiger partial charge in [-0.1, -0.05) is 37.6 Å². The number of aromatic nitrogens is 3. The van der Waals surface area contributed by atoms with Crippen LogP contribution in [0.3, 0.4) is 0 Å². The summed E-state index contributed by atoms with van der Waals surface area (Å²) in [4.78, 5) is 16.6. The van der Waals surface area contributed by atoms with Crippen LogP contribution in [0, 0.1) is 0 Å². The van der Waals surface area contributed by atoms with Crippen molar-refractivity contribution in [3.63, 3.8) is 0 Å². The van der Waals surface area contributed by atoms with Crippen LogP contribution in [0.4, 0.5) is 0 Å². The largest absolute Gasteiger partial charge is 0.347 e. The van der Waals surface area contributed by atoms with Gasteiger partial charge in [0.25, 0.3) is 5.91 Å². The summed E-state index contributed by atoms with van der Waals surface area (Å²) in [7, 11) is 0. The third-order valence-corrected chi connectivity index (χ3v) is 3.46. The first-order valence-electron chi connectivity index (χ1n) is 7.48. The van der Waals surface area contributed by atoms with Crippen molar-refractivity contribution in [2.24, 2.45) is 5.73 Å². The minimum Gasteiger partial charge on any atom is -0.347 e. The van der Waals surface area contributed by atoms with Gasteiger partial charge in [-0.15, -0.1) is 17.5 Å². The SMILES string of the molecule is CC(C)c1nc(C(=O)NCC(C)(C)N)nn1-c1ccccc1Cl.Cl. The second-order valence-electron chi connectivity index (χ2n) is 6.48. The lowest BCUT2D eigenvalue weighted by Crippen LogP contribution is -2.45. The van der Waals surface area contributed by atoms with Gasteiger partial charge in [-0.2, -0.15) is 0 Å². The Labute approximate surface area is 153 Å². The van der Waals surface area contributed by atoms with Crippen molar-refractivity contribution in [3.05, 3.63) is 40.9 Å². The van der Waals surface area contributed by atoms with Crippen molar-refractivity contribution in [3.8, 4) is 5.69 Å². The third-order valence-electron chi connectivity index (χ3n) is 3.14. The van der Waals surface area contributed by atoms with Gasteiger partial charge in [0.15, 0.2) is 0 Å². The molecular weight excluding hydrogens is 349 g/mol. The van der Waals surface area contributed by atoms with E-state index < -0.39 is 5.54 Å². The lowest BCUT2D eigenvalue weighted by Gasteiger charge is -2.18. The van der Waals surface area contributed by atoms with Crippen molar-refractivity contribution in [1.82, 2.24) is 20.1 Å². The first-order valence-corrected chi connectivity index (χ1v) is 7.86. The monoisotopic (exact) mass is 371 g/mol. The molecular formula is C16H23Cl2N5O. The van der Waals surface area contributed by atoms with E-state index in [1.807, 2.05) is 45.9 Å². The summed E-state index contributed by atoms with van der Waals surface area (Å²) in [5.74, 6) is 0.524. The molecule has 0 saturated heterocycles. The van der Waals surface area contributed by atoms with E-state index in [1.165, 1.54) is 0 Å². The molecule has 24 heavy (non-hydrogen) atoms. The summed E-state index contributed by atoms with van der Waals surface area (Å²) in [6.45, 7) is 7.98. The topological polar surface area (TPSA) is 85.8 Å². The molecule has 0 aliphatic heterocycles. The minimum atomic E-state index is -0.498. The highest BCUT2D eigenvalue weighted by atomic mass is 35.5. The number of hydrogen-bond donors (Lipinski definition) is 2. The molecule has 1 amide bonds. The maximum absolute atomic E-state index is 12.3. The van der Waals surface area contributed by atoms with Crippen molar-refractivity contribution >= 4 is 29.9 Å². The Bertz CT molecular complexity index is 707. The van der Waals surface area contributed by atoms with Gasteiger partial charge in [-0.3, -0.25) is 4.79 Å².